The summed E-state index contributed by atoms with van der Waals surface area (Å²) in [7, 11) is 0. The molecule has 3 rings (SSSR count). The topological polar surface area (TPSA) is 61.4 Å². The molecule has 3 heterocycles. The van der Waals surface area contributed by atoms with E-state index in [1.165, 1.54) is 5.56 Å². The molecule has 23 heavy (non-hydrogen) atoms. The number of hydrogen-bond acceptors (Lipinski definition) is 5. The molecule has 0 radical (unpaired) electrons. The number of aromatic nitrogens is 2. The van der Waals surface area contributed by atoms with Gasteiger partial charge in [-0.3, -0.25) is 4.79 Å². The first kappa shape index (κ1) is 19.8. The highest BCUT2D eigenvalue weighted by molar-refractivity contribution is 5.85. The van der Waals surface area contributed by atoms with Crippen molar-refractivity contribution < 1.29 is 4.79 Å². The molecule has 130 valence electrons. The lowest BCUT2D eigenvalue weighted by Gasteiger charge is -2.37. The zero-order valence-corrected chi connectivity index (χ0v) is 15.3. The van der Waals surface area contributed by atoms with E-state index in [0.29, 0.717) is 12.5 Å². The van der Waals surface area contributed by atoms with Crippen LogP contribution in [-0.4, -0.2) is 53.0 Å². The maximum atomic E-state index is 11.8. The Morgan fingerprint density at radius 2 is 1.96 bits per heavy atom. The second-order valence-electron chi connectivity index (χ2n) is 5.83. The molecule has 6 nitrogen and oxygen atoms in total. The summed E-state index contributed by atoms with van der Waals surface area (Å²) >= 11 is 0. The minimum Gasteiger partial charge on any atom is -0.367 e. The van der Waals surface area contributed by atoms with Gasteiger partial charge in [0.15, 0.2) is 0 Å². The molecule has 1 aromatic heterocycles. The monoisotopic (exact) mass is 361 g/mol. The van der Waals surface area contributed by atoms with E-state index in [1.807, 2.05) is 11.8 Å². The fourth-order valence-electron chi connectivity index (χ4n) is 3.09. The third-order valence-corrected chi connectivity index (χ3v) is 4.37. The van der Waals surface area contributed by atoms with Gasteiger partial charge in [0.2, 0.25) is 5.91 Å². The molecule has 1 saturated heterocycles. The van der Waals surface area contributed by atoms with Gasteiger partial charge in [0, 0.05) is 44.2 Å². The Bertz CT molecular complexity index is 535. The highest BCUT2D eigenvalue weighted by Crippen LogP contribution is 2.30. The molecule has 1 N–H and O–H groups in total. The van der Waals surface area contributed by atoms with Crippen LogP contribution in [0.1, 0.15) is 32.3 Å². The van der Waals surface area contributed by atoms with Crippen LogP contribution in [0.4, 0.5) is 11.6 Å². The van der Waals surface area contributed by atoms with Gasteiger partial charge < -0.3 is 15.1 Å². The van der Waals surface area contributed by atoms with Crippen molar-refractivity contribution in [3.05, 3.63) is 11.9 Å². The largest absolute Gasteiger partial charge is 0.367 e. The lowest BCUT2D eigenvalue weighted by molar-refractivity contribution is -0.131. The summed E-state index contributed by atoms with van der Waals surface area (Å²) in [5.74, 6) is 2.27. The number of nitrogens with zero attached hydrogens (tertiary/aromatic N) is 4. The highest BCUT2D eigenvalue weighted by atomic mass is 35.5. The summed E-state index contributed by atoms with van der Waals surface area (Å²) in [5, 5.41) is 3.43. The number of fused-ring (bicyclic) bond motifs is 1. The predicted octanol–water partition coefficient (Wildman–Crippen LogP) is 2.13. The van der Waals surface area contributed by atoms with Gasteiger partial charge in [0.05, 0.1) is 0 Å². The van der Waals surface area contributed by atoms with E-state index in [-0.39, 0.29) is 30.7 Å². The van der Waals surface area contributed by atoms with Gasteiger partial charge in [-0.05, 0) is 19.8 Å². The molecule has 1 unspecified atom stereocenters. The number of carbonyl (C=O) groups excluding carboxylic acids is 1. The SMILES string of the molecule is CCC(=O)N1CCN(c2ncnc3c2CCC(C)N3)CC1.Cl.Cl. The van der Waals surface area contributed by atoms with E-state index in [0.717, 1.165) is 50.7 Å². The number of carbonyl (C=O) groups is 1. The number of anilines is 2. The van der Waals surface area contributed by atoms with Crippen LogP contribution in [0.3, 0.4) is 0 Å². The van der Waals surface area contributed by atoms with Gasteiger partial charge >= 0.3 is 0 Å². The van der Waals surface area contributed by atoms with Crippen molar-refractivity contribution in [3.63, 3.8) is 0 Å². The molecule has 8 heteroatoms. The average molecular weight is 362 g/mol. The molecule has 0 aliphatic carbocycles. The number of hydrogen-bond donors (Lipinski definition) is 1. The second-order valence-corrected chi connectivity index (χ2v) is 5.83. The van der Waals surface area contributed by atoms with E-state index >= 15 is 0 Å². The van der Waals surface area contributed by atoms with Gasteiger partial charge in [-0.1, -0.05) is 6.92 Å². The van der Waals surface area contributed by atoms with Crippen LogP contribution in [0.15, 0.2) is 6.33 Å². The third-order valence-electron chi connectivity index (χ3n) is 4.37. The number of amides is 1. The Kier molecular flexibility index (Phi) is 7.35. The fraction of sp³-hybridized carbons (Fsp3) is 0.667. The molecule has 2 aliphatic rings. The predicted molar refractivity (Wildman–Crippen MR) is 97.0 cm³/mol. The van der Waals surface area contributed by atoms with Gasteiger partial charge in [-0.2, -0.15) is 0 Å². The average Bonchev–Trinajstić information content (AvgIpc) is 2.53. The smallest absolute Gasteiger partial charge is 0.222 e. The number of halogens is 2. The van der Waals surface area contributed by atoms with Crippen LogP contribution in [0.25, 0.3) is 0 Å². The van der Waals surface area contributed by atoms with E-state index in [9.17, 15) is 4.79 Å². The Labute approximate surface area is 149 Å². The summed E-state index contributed by atoms with van der Waals surface area (Å²) < 4.78 is 0. The molecule has 0 aromatic carbocycles. The van der Waals surface area contributed by atoms with Crippen molar-refractivity contribution >= 4 is 42.4 Å². The Balaban J connectivity index is 0.00000132. The first-order valence-corrected chi connectivity index (χ1v) is 7.82. The molecular formula is C15H25Cl2N5O. The highest BCUT2D eigenvalue weighted by Gasteiger charge is 2.26. The van der Waals surface area contributed by atoms with Crippen molar-refractivity contribution in [3.8, 4) is 0 Å². The zero-order chi connectivity index (χ0) is 14.8. The maximum Gasteiger partial charge on any atom is 0.222 e. The van der Waals surface area contributed by atoms with Crippen LogP contribution in [-0.2, 0) is 11.2 Å². The molecule has 1 fully saturated rings. The molecule has 0 spiro atoms. The maximum absolute atomic E-state index is 11.8. The lowest BCUT2D eigenvalue weighted by Crippen LogP contribution is -2.49. The summed E-state index contributed by atoms with van der Waals surface area (Å²) in [4.78, 5) is 24.9. The zero-order valence-electron chi connectivity index (χ0n) is 13.6. The van der Waals surface area contributed by atoms with Gasteiger partial charge in [0.25, 0.3) is 0 Å². The third kappa shape index (κ3) is 4.18. The van der Waals surface area contributed by atoms with E-state index in [1.54, 1.807) is 6.33 Å². The molecule has 1 aromatic rings. The molecule has 1 amide bonds. The fourth-order valence-corrected chi connectivity index (χ4v) is 3.09. The standard InChI is InChI=1S/C15H23N5O.2ClH/c1-3-13(21)19-6-8-20(9-7-19)15-12-5-4-11(2)18-14(12)16-10-17-15;;/h10-11H,3-9H2,1-2H3,(H,16,17,18);2*1H. The van der Waals surface area contributed by atoms with Crippen LogP contribution < -0.4 is 10.2 Å². The molecule has 2 aliphatic heterocycles. The van der Waals surface area contributed by atoms with E-state index in [4.69, 9.17) is 0 Å². The van der Waals surface area contributed by atoms with Crippen LogP contribution in [0, 0.1) is 0 Å². The molecule has 0 saturated carbocycles. The van der Waals surface area contributed by atoms with Crippen LogP contribution >= 0.6 is 24.8 Å². The van der Waals surface area contributed by atoms with Crippen LogP contribution in [0.2, 0.25) is 0 Å². The summed E-state index contributed by atoms with van der Waals surface area (Å²) in [6.45, 7) is 7.38. The Morgan fingerprint density at radius 1 is 1.26 bits per heavy atom. The van der Waals surface area contributed by atoms with Crippen molar-refractivity contribution in [1.82, 2.24) is 14.9 Å². The summed E-state index contributed by atoms with van der Waals surface area (Å²) in [5.41, 5.74) is 1.23. The normalized spacial score (nSPS) is 19.8. The lowest BCUT2D eigenvalue weighted by atomic mass is 10.0. The molecular weight excluding hydrogens is 337 g/mol. The summed E-state index contributed by atoms with van der Waals surface area (Å²) in [6, 6.07) is 0.472. The van der Waals surface area contributed by atoms with Crippen LogP contribution in [0.5, 0.6) is 0 Å². The van der Waals surface area contributed by atoms with Crippen molar-refractivity contribution in [2.24, 2.45) is 0 Å². The first-order chi connectivity index (χ1) is 10.2. The van der Waals surface area contributed by atoms with Crippen molar-refractivity contribution in [2.75, 3.05) is 36.4 Å². The van der Waals surface area contributed by atoms with Gasteiger partial charge in [-0.15, -0.1) is 24.8 Å². The van der Waals surface area contributed by atoms with E-state index in [2.05, 4.69) is 27.1 Å². The second kappa shape index (κ2) is 8.55. The van der Waals surface area contributed by atoms with Gasteiger partial charge in [0.1, 0.15) is 18.0 Å². The minimum atomic E-state index is 0. The Hall–Kier alpha value is -1.27. The number of nitrogens with one attached hydrogen (secondary N) is 1. The van der Waals surface area contributed by atoms with Gasteiger partial charge in [-0.25, -0.2) is 9.97 Å². The quantitative estimate of drug-likeness (QED) is 0.873. The van der Waals surface area contributed by atoms with Crippen molar-refractivity contribution in [1.29, 1.82) is 0 Å². The molecule has 0 bridgehead atoms. The first-order valence-electron chi connectivity index (χ1n) is 7.82. The summed E-state index contributed by atoms with van der Waals surface area (Å²) in [6.07, 6.45) is 4.36. The van der Waals surface area contributed by atoms with E-state index < -0.39 is 0 Å². The number of piperazine rings is 1. The van der Waals surface area contributed by atoms with Crippen molar-refractivity contribution in [2.45, 2.75) is 39.2 Å². The molecule has 1 atom stereocenters. The number of rotatable bonds is 2. The Morgan fingerprint density at radius 3 is 2.61 bits per heavy atom. The minimum absolute atomic E-state index is 0.